The minimum atomic E-state index is -3.98. The molecule has 0 unspecified atom stereocenters. The molecule has 5 nitrogen and oxygen atoms in total. The Morgan fingerprint density at radius 1 is 1.04 bits per heavy atom. The van der Waals surface area contributed by atoms with E-state index in [0.29, 0.717) is 16.7 Å². The molecule has 124 valence electrons. The smallest absolute Gasteiger partial charge is 0.238 e. The molecule has 25 heavy (non-hydrogen) atoms. The molecule has 0 fully saturated rings. The fourth-order valence-corrected chi connectivity index (χ4v) is 3.01. The molecule has 2 N–H and O–H groups in total. The average Bonchev–Trinajstić information content (AvgIpc) is 2.61. The van der Waals surface area contributed by atoms with Crippen molar-refractivity contribution in [1.82, 2.24) is 4.98 Å². The van der Waals surface area contributed by atoms with Gasteiger partial charge in [-0.15, -0.1) is 0 Å². The van der Waals surface area contributed by atoms with E-state index in [-0.39, 0.29) is 16.2 Å². The van der Waals surface area contributed by atoms with Crippen molar-refractivity contribution in [2.45, 2.75) is 4.90 Å². The second kappa shape index (κ2) is 6.43. The van der Waals surface area contributed by atoms with Crippen LogP contribution in [-0.4, -0.2) is 13.4 Å². The summed E-state index contributed by atoms with van der Waals surface area (Å²) in [5.41, 5.74) is 1.98. The standard InChI is InChI=1S/C18H12FN3O2S/c19-17-7-6-14(25(21,23)24)10-16(17)18-15(5-2-8-22-18)13-4-1-3-12(9-13)11-20/h1-10H,(H2,21,23,24). The number of benzene rings is 2. The monoisotopic (exact) mass is 353 g/mol. The van der Waals surface area contributed by atoms with E-state index in [1.807, 2.05) is 6.07 Å². The second-order valence-corrected chi connectivity index (χ2v) is 6.84. The first-order valence-corrected chi connectivity index (χ1v) is 8.73. The minimum Gasteiger partial charge on any atom is -0.255 e. The number of hydrogen-bond donors (Lipinski definition) is 1. The number of pyridine rings is 1. The number of nitrogens with two attached hydrogens (primary N) is 1. The number of aromatic nitrogens is 1. The van der Waals surface area contributed by atoms with E-state index < -0.39 is 15.8 Å². The first kappa shape index (κ1) is 16.8. The molecule has 7 heteroatoms. The predicted octanol–water partition coefficient (Wildman–Crippen LogP) is 3.07. The van der Waals surface area contributed by atoms with Crippen LogP contribution in [0.1, 0.15) is 5.56 Å². The Hall–Kier alpha value is -3.08. The van der Waals surface area contributed by atoms with Crippen molar-refractivity contribution in [2.75, 3.05) is 0 Å². The Bertz CT molecular complexity index is 1110. The van der Waals surface area contributed by atoms with Gasteiger partial charge in [-0.3, -0.25) is 4.98 Å². The third kappa shape index (κ3) is 3.40. The topological polar surface area (TPSA) is 96.8 Å². The summed E-state index contributed by atoms with van der Waals surface area (Å²) in [6, 6.07) is 15.5. The van der Waals surface area contributed by atoms with Gasteiger partial charge in [0.25, 0.3) is 0 Å². The maximum Gasteiger partial charge on any atom is 0.238 e. The molecule has 0 bridgehead atoms. The molecule has 3 aromatic rings. The third-order valence-electron chi connectivity index (χ3n) is 3.63. The highest BCUT2D eigenvalue weighted by atomic mass is 32.2. The summed E-state index contributed by atoms with van der Waals surface area (Å²) in [4.78, 5) is 4.00. The van der Waals surface area contributed by atoms with Crippen molar-refractivity contribution in [3.8, 4) is 28.5 Å². The lowest BCUT2D eigenvalue weighted by molar-refractivity contribution is 0.596. The number of nitriles is 1. The number of nitrogens with zero attached hydrogens (tertiary/aromatic N) is 2. The fourth-order valence-electron chi connectivity index (χ4n) is 2.47. The van der Waals surface area contributed by atoms with E-state index in [1.54, 1.807) is 36.4 Å². The number of halogens is 1. The molecule has 0 radical (unpaired) electrons. The molecule has 0 saturated carbocycles. The van der Waals surface area contributed by atoms with Crippen LogP contribution in [0.15, 0.2) is 65.7 Å². The van der Waals surface area contributed by atoms with Crippen LogP contribution in [-0.2, 0) is 10.0 Å². The molecule has 0 saturated heterocycles. The van der Waals surface area contributed by atoms with Crippen molar-refractivity contribution in [2.24, 2.45) is 5.14 Å². The van der Waals surface area contributed by atoms with Crippen molar-refractivity contribution in [1.29, 1.82) is 5.26 Å². The summed E-state index contributed by atoms with van der Waals surface area (Å²) >= 11 is 0. The Morgan fingerprint density at radius 3 is 2.56 bits per heavy atom. The lowest BCUT2D eigenvalue weighted by Gasteiger charge is -2.11. The predicted molar refractivity (Wildman–Crippen MR) is 91.2 cm³/mol. The van der Waals surface area contributed by atoms with Gasteiger partial charge in [0, 0.05) is 17.3 Å². The summed E-state index contributed by atoms with van der Waals surface area (Å²) in [7, 11) is -3.98. The number of rotatable bonds is 3. The molecule has 0 atom stereocenters. The molecular weight excluding hydrogens is 341 g/mol. The highest BCUT2D eigenvalue weighted by Crippen LogP contribution is 2.33. The van der Waals surface area contributed by atoms with Crippen LogP contribution in [0.5, 0.6) is 0 Å². The van der Waals surface area contributed by atoms with Crippen LogP contribution in [0, 0.1) is 17.1 Å². The molecule has 0 aliphatic heterocycles. The zero-order valence-electron chi connectivity index (χ0n) is 12.8. The molecule has 2 aromatic carbocycles. The minimum absolute atomic E-state index is 0.0180. The summed E-state index contributed by atoms with van der Waals surface area (Å²) in [6.07, 6.45) is 1.48. The Morgan fingerprint density at radius 2 is 1.84 bits per heavy atom. The fraction of sp³-hybridized carbons (Fsp3) is 0. The van der Waals surface area contributed by atoms with E-state index >= 15 is 0 Å². The first-order valence-electron chi connectivity index (χ1n) is 7.18. The normalized spacial score (nSPS) is 11.1. The van der Waals surface area contributed by atoms with Gasteiger partial charge in [-0.2, -0.15) is 5.26 Å². The quantitative estimate of drug-likeness (QED) is 0.782. The van der Waals surface area contributed by atoms with Crippen LogP contribution < -0.4 is 5.14 Å². The Kier molecular flexibility index (Phi) is 4.31. The number of hydrogen-bond acceptors (Lipinski definition) is 4. The van der Waals surface area contributed by atoms with Gasteiger partial charge in [-0.05, 0) is 42.0 Å². The zero-order valence-corrected chi connectivity index (χ0v) is 13.7. The van der Waals surface area contributed by atoms with Gasteiger partial charge in [0.15, 0.2) is 0 Å². The van der Waals surface area contributed by atoms with Crippen molar-refractivity contribution >= 4 is 10.0 Å². The summed E-state index contributed by atoms with van der Waals surface area (Å²) in [5, 5.41) is 14.2. The van der Waals surface area contributed by atoms with Crippen LogP contribution in [0.3, 0.4) is 0 Å². The van der Waals surface area contributed by atoms with Gasteiger partial charge < -0.3 is 0 Å². The van der Waals surface area contributed by atoms with Gasteiger partial charge >= 0.3 is 0 Å². The van der Waals surface area contributed by atoms with Gasteiger partial charge in [0.1, 0.15) is 5.82 Å². The first-order chi connectivity index (χ1) is 11.9. The van der Waals surface area contributed by atoms with Crippen molar-refractivity contribution in [3.63, 3.8) is 0 Å². The molecule has 1 aromatic heterocycles. The summed E-state index contributed by atoms with van der Waals surface area (Å²) < 4.78 is 37.5. The second-order valence-electron chi connectivity index (χ2n) is 5.28. The van der Waals surface area contributed by atoms with E-state index in [9.17, 15) is 12.8 Å². The van der Waals surface area contributed by atoms with Gasteiger partial charge in [-0.1, -0.05) is 18.2 Å². The summed E-state index contributed by atoms with van der Waals surface area (Å²) in [6.45, 7) is 0. The van der Waals surface area contributed by atoms with E-state index in [1.165, 1.54) is 6.20 Å². The van der Waals surface area contributed by atoms with E-state index in [4.69, 9.17) is 10.4 Å². The molecule has 0 aliphatic carbocycles. The third-order valence-corrected chi connectivity index (χ3v) is 4.54. The molecule has 1 heterocycles. The lowest BCUT2D eigenvalue weighted by Crippen LogP contribution is -2.12. The Labute approximate surface area is 144 Å². The van der Waals surface area contributed by atoms with Crippen molar-refractivity contribution < 1.29 is 12.8 Å². The molecule has 0 spiro atoms. The van der Waals surface area contributed by atoms with Crippen LogP contribution in [0.4, 0.5) is 4.39 Å². The van der Waals surface area contributed by atoms with E-state index in [0.717, 1.165) is 18.2 Å². The van der Waals surface area contributed by atoms with Gasteiger partial charge in [-0.25, -0.2) is 17.9 Å². The molecular formula is C18H12FN3O2S. The van der Waals surface area contributed by atoms with Gasteiger partial charge in [0.2, 0.25) is 10.0 Å². The largest absolute Gasteiger partial charge is 0.255 e. The van der Waals surface area contributed by atoms with Crippen LogP contribution in [0.2, 0.25) is 0 Å². The number of sulfonamides is 1. The average molecular weight is 353 g/mol. The molecule has 3 rings (SSSR count). The van der Waals surface area contributed by atoms with Crippen LogP contribution in [0.25, 0.3) is 22.4 Å². The maximum atomic E-state index is 14.4. The highest BCUT2D eigenvalue weighted by molar-refractivity contribution is 7.89. The number of primary sulfonamides is 1. The summed E-state index contributed by atoms with van der Waals surface area (Å²) in [5.74, 6) is -0.621. The van der Waals surface area contributed by atoms with Crippen LogP contribution >= 0.6 is 0 Å². The Balaban J connectivity index is 2.25. The van der Waals surface area contributed by atoms with Gasteiger partial charge in [0.05, 0.1) is 22.2 Å². The zero-order chi connectivity index (χ0) is 18.0. The SMILES string of the molecule is N#Cc1cccc(-c2cccnc2-c2cc(S(N)(=O)=O)ccc2F)c1. The van der Waals surface area contributed by atoms with Crippen molar-refractivity contribution in [3.05, 3.63) is 72.2 Å². The van der Waals surface area contributed by atoms with E-state index in [2.05, 4.69) is 4.98 Å². The highest BCUT2D eigenvalue weighted by Gasteiger charge is 2.17. The lowest BCUT2D eigenvalue weighted by atomic mass is 9.98. The molecule has 0 amide bonds. The maximum absolute atomic E-state index is 14.4. The molecule has 0 aliphatic rings.